The molecule has 1 heterocycles. The Bertz CT molecular complexity index is 878. The van der Waals surface area contributed by atoms with E-state index in [9.17, 15) is 17.6 Å². The Hall–Kier alpha value is -1.92. The molecule has 0 aliphatic carbocycles. The summed E-state index contributed by atoms with van der Waals surface area (Å²) in [4.78, 5) is 12.5. The van der Waals surface area contributed by atoms with Gasteiger partial charge in [0.05, 0.1) is 23.1 Å². The predicted molar refractivity (Wildman–Crippen MR) is 89.1 cm³/mol. The summed E-state index contributed by atoms with van der Waals surface area (Å²) in [5.74, 6) is -0.972. The van der Waals surface area contributed by atoms with Gasteiger partial charge in [-0.25, -0.2) is 12.8 Å². The smallest absolute Gasteiger partial charge is 0.225 e. The standard InChI is InChI=1S/C17H15ClFNO3S/c18-13-5-3-6-14(19)12(13)10-17(21)20-15-8-9-24(22,23)16-7-2-1-4-11(15)16/h1-7,15H,8-10H2,(H,20,21)/t15-/m0/s1. The summed E-state index contributed by atoms with van der Waals surface area (Å²) >= 11 is 5.94. The molecule has 2 aromatic carbocycles. The second-order valence-electron chi connectivity index (χ2n) is 5.64. The van der Waals surface area contributed by atoms with Gasteiger partial charge in [0.25, 0.3) is 0 Å². The Morgan fingerprint density at radius 3 is 2.71 bits per heavy atom. The maximum absolute atomic E-state index is 13.8. The third-order valence-corrected chi connectivity index (χ3v) is 6.21. The van der Waals surface area contributed by atoms with E-state index in [4.69, 9.17) is 11.6 Å². The lowest BCUT2D eigenvalue weighted by Gasteiger charge is -2.26. The van der Waals surface area contributed by atoms with Crippen LogP contribution in [0.1, 0.15) is 23.6 Å². The van der Waals surface area contributed by atoms with E-state index in [1.165, 1.54) is 24.3 Å². The molecule has 126 valence electrons. The first kappa shape index (κ1) is 16.9. The van der Waals surface area contributed by atoms with E-state index in [1.807, 2.05) is 0 Å². The van der Waals surface area contributed by atoms with Crippen LogP contribution in [-0.2, 0) is 21.1 Å². The van der Waals surface area contributed by atoms with Crippen molar-refractivity contribution in [3.8, 4) is 0 Å². The highest BCUT2D eigenvalue weighted by Gasteiger charge is 2.30. The molecular weight excluding hydrogens is 353 g/mol. The first-order valence-electron chi connectivity index (χ1n) is 7.42. The minimum absolute atomic E-state index is 0.0323. The lowest BCUT2D eigenvalue weighted by atomic mass is 10.0. The number of amides is 1. The van der Waals surface area contributed by atoms with Gasteiger partial charge >= 0.3 is 0 Å². The summed E-state index contributed by atoms with van der Waals surface area (Å²) in [5.41, 5.74) is 0.699. The predicted octanol–water partition coefficient (Wildman–Crippen LogP) is 3.06. The molecule has 1 N–H and O–H groups in total. The first-order chi connectivity index (χ1) is 11.4. The van der Waals surface area contributed by atoms with Crippen LogP contribution in [0.2, 0.25) is 5.02 Å². The number of hydrogen-bond acceptors (Lipinski definition) is 3. The number of nitrogens with one attached hydrogen (secondary N) is 1. The quantitative estimate of drug-likeness (QED) is 0.906. The minimum atomic E-state index is -3.32. The molecule has 3 rings (SSSR count). The Kier molecular flexibility index (Phi) is 4.60. The third-order valence-electron chi connectivity index (χ3n) is 4.04. The third kappa shape index (κ3) is 3.30. The molecular formula is C17H15ClFNO3S. The van der Waals surface area contributed by atoms with Crippen molar-refractivity contribution in [3.63, 3.8) is 0 Å². The second-order valence-corrected chi connectivity index (χ2v) is 8.13. The summed E-state index contributed by atoms with van der Waals surface area (Å²) in [5, 5.41) is 2.98. The van der Waals surface area contributed by atoms with Gasteiger partial charge in [-0.3, -0.25) is 4.79 Å². The van der Waals surface area contributed by atoms with Crippen molar-refractivity contribution in [2.75, 3.05) is 5.75 Å². The van der Waals surface area contributed by atoms with Gasteiger partial charge in [0, 0.05) is 10.6 Å². The normalized spacial score (nSPS) is 18.7. The molecule has 0 fully saturated rings. The highest BCUT2D eigenvalue weighted by molar-refractivity contribution is 7.91. The molecule has 0 bridgehead atoms. The van der Waals surface area contributed by atoms with Crippen LogP contribution in [0.25, 0.3) is 0 Å². The molecule has 24 heavy (non-hydrogen) atoms. The molecule has 0 saturated carbocycles. The molecule has 0 aromatic heterocycles. The zero-order chi connectivity index (χ0) is 17.3. The van der Waals surface area contributed by atoms with E-state index in [0.717, 1.165) is 0 Å². The van der Waals surface area contributed by atoms with E-state index in [0.29, 0.717) is 5.56 Å². The number of carbonyl (C=O) groups is 1. The van der Waals surface area contributed by atoms with Crippen LogP contribution in [0.3, 0.4) is 0 Å². The van der Waals surface area contributed by atoms with Crippen LogP contribution in [-0.4, -0.2) is 20.1 Å². The maximum atomic E-state index is 13.8. The number of carbonyl (C=O) groups excluding carboxylic acids is 1. The van der Waals surface area contributed by atoms with Crippen LogP contribution in [0.5, 0.6) is 0 Å². The molecule has 0 saturated heterocycles. The van der Waals surface area contributed by atoms with Crippen LogP contribution in [0.15, 0.2) is 47.4 Å². The number of sulfone groups is 1. The summed E-state index contributed by atoms with van der Waals surface area (Å²) in [7, 11) is -3.32. The monoisotopic (exact) mass is 367 g/mol. The summed E-state index contributed by atoms with van der Waals surface area (Å²) in [6, 6.07) is 10.4. The van der Waals surface area contributed by atoms with Crippen LogP contribution >= 0.6 is 11.6 Å². The van der Waals surface area contributed by atoms with Gasteiger partial charge < -0.3 is 5.32 Å². The largest absolute Gasteiger partial charge is 0.349 e. The fraction of sp³-hybridized carbons (Fsp3) is 0.235. The fourth-order valence-corrected chi connectivity index (χ4v) is 4.70. The van der Waals surface area contributed by atoms with E-state index in [2.05, 4.69) is 5.32 Å². The first-order valence-corrected chi connectivity index (χ1v) is 9.45. The lowest BCUT2D eigenvalue weighted by Crippen LogP contribution is -2.34. The molecule has 0 unspecified atom stereocenters. The zero-order valence-electron chi connectivity index (χ0n) is 12.6. The van der Waals surface area contributed by atoms with Gasteiger partial charge in [-0.1, -0.05) is 35.9 Å². The molecule has 0 spiro atoms. The maximum Gasteiger partial charge on any atom is 0.225 e. The molecule has 1 aliphatic heterocycles. The molecule has 0 radical (unpaired) electrons. The molecule has 1 aliphatic rings. The number of halogens is 2. The van der Waals surface area contributed by atoms with Crippen LogP contribution in [0.4, 0.5) is 4.39 Å². The van der Waals surface area contributed by atoms with Gasteiger partial charge in [0.1, 0.15) is 5.82 Å². The number of benzene rings is 2. The van der Waals surface area contributed by atoms with E-state index in [1.54, 1.807) is 18.2 Å². The van der Waals surface area contributed by atoms with Crippen molar-refractivity contribution in [2.45, 2.75) is 23.8 Å². The topological polar surface area (TPSA) is 63.2 Å². The van der Waals surface area contributed by atoms with Gasteiger partial charge in [0.15, 0.2) is 9.84 Å². The molecule has 4 nitrogen and oxygen atoms in total. The van der Waals surface area contributed by atoms with Crippen molar-refractivity contribution in [1.29, 1.82) is 0 Å². The van der Waals surface area contributed by atoms with Gasteiger partial charge in [-0.2, -0.15) is 0 Å². The fourth-order valence-electron chi connectivity index (χ4n) is 2.85. The van der Waals surface area contributed by atoms with Crippen molar-refractivity contribution in [3.05, 3.63) is 64.4 Å². The van der Waals surface area contributed by atoms with Gasteiger partial charge in [-0.15, -0.1) is 0 Å². The molecule has 1 atom stereocenters. The summed E-state index contributed by atoms with van der Waals surface area (Å²) < 4.78 is 38.0. The van der Waals surface area contributed by atoms with Crippen molar-refractivity contribution in [2.24, 2.45) is 0 Å². The van der Waals surface area contributed by atoms with Crippen molar-refractivity contribution in [1.82, 2.24) is 5.32 Å². The Morgan fingerprint density at radius 2 is 1.96 bits per heavy atom. The van der Waals surface area contributed by atoms with Gasteiger partial charge in [0.2, 0.25) is 5.91 Å². The van der Waals surface area contributed by atoms with Crippen molar-refractivity contribution < 1.29 is 17.6 Å². The Morgan fingerprint density at radius 1 is 1.21 bits per heavy atom. The number of fused-ring (bicyclic) bond motifs is 1. The molecule has 7 heteroatoms. The van der Waals surface area contributed by atoms with E-state index in [-0.39, 0.29) is 34.1 Å². The molecule has 2 aromatic rings. The van der Waals surface area contributed by atoms with Gasteiger partial charge in [-0.05, 0) is 30.2 Å². The van der Waals surface area contributed by atoms with Crippen LogP contribution in [0, 0.1) is 5.82 Å². The number of rotatable bonds is 3. The Balaban J connectivity index is 1.81. The average Bonchev–Trinajstić information content (AvgIpc) is 2.54. The highest BCUT2D eigenvalue weighted by Crippen LogP contribution is 2.32. The lowest BCUT2D eigenvalue weighted by molar-refractivity contribution is -0.121. The average molecular weight is 368 g/mol. The van der Waals surface area contributed by atoms with E-state index < -0.39 is 27.6 Å². The Labute approximate surface area is 144 Å². The SMILES string of the molecule is O=C(Cc1c(F)cccc1Cl)N[C@H]1CCS(=O)(=O)c2ccccc21. The van der Waals surface area contributed by atoms with Crippen LogP contribution < -0.4 is 5.32 Å². The molecule has 1 amide bonds. The minimum Gasteiger partial charge on any atom is -0.349 e. The zero-order valence-corrected chi connectivity index (χ0v) is 14.2. The highest BCUT2D eigenvalue weighted by atomic mass is 35.5. The summed E-state index contributed by atoms with van der Waals surface area (Å²) in [6.45, 7) is 0. The number of hydrogen-bond donors (Lipinski definition) is 1. The second kappa shape index (κ2) is 6.53. The summed E-state index contributed by atoms with van der Waals surface area (Å²) in [6.07, 6.45) is 0.0903. The van der Waals surface area contributed by atoms with Crippen molar-refractivity contribution >= 4 is 27.3 Å². The van der Waals surface area contributed by atoms with E-state index >= 15 is 0 Å².